The number of aryl methyl sites for hydroxylation is 1. The van der Waals surface area contributed by atoms with Crippen LogP contribution in [-0.2, 0) is 26.6 Å². The molecular formula is C15H21NO3S. The summed E-state index contributed by atoms with van der Waals surface area (Å²) in [6.07, 6.45) is 5.03. The Kier molecular flexibility index (Phi) is 4.18. The molecule has 0 fully saturated rings. The van der Waals surface area contributed by atoms with Crippen LogP contribution in [0.1, 0.15) is 37.3 Å². The molecule has 1 atom stereocenters. The average molecular weight is 295 g/mol. The van der Waals surface area contributed by atoms with E-state index in [-0.39, 0.29) is 0 Å². The molecule has 0 saturated carbocycles. The summed E-state index contributed by atoms with van der Waals surface area (Å²) in [6.45, 7) is 1.98. The highest BCUT2D eigenvalue weighted by atomic mass is 32.2. The predicted octanol–water partition coefficient (Wildman–Crippen LogP) is 1.79. The lowest BCUT2D eigenvalue weighted by molar-refractivity contribution is -0.120. The number of sulfone groups is 1. The number of hydrogen-bond donors (Lipinski definition) is 1. The van der Waals surface area contributed by atoms with Gasteiger partial charge in [0, 0.05) is 6.26 Å². The fraction of sp³-hybridized carbons (Fsp3) is 0.533. The Hall–Kier alpha value is -1.36. The van der Waals surface area contributed by atoms with Crippen molar-refractivity contribution < 1.29 is 13.2 Å². The Morgan fingerprint density at radius 2 is 2.00 bits per heavy atom. The molecule has 1 aliphatic carbocycles. The lowest BCUT2D eigenvalue weighted by atomic mass is 9.86. The fourth-order valence-electron chi connectivity index (χ4n) is 2.92. The number of nitrogens with one attached hydrogen (secondary N) is 1. The topological polar surface area (TPSA) is 63.2 Å². The Morgan fingerprint density at radius 1 is 1.30 bits per heavy atom. The average Bonchev–Trinajstić information content (AvgIpc) is 2.47. The van der Waals surface area contributed by atoms with Gasteiger partial charge in [0.05, 0.1) is 5.54 Å². The van der Waals surface area contributed by atoms with E-state index in [1.807, 2.05) is 25.1 Å². The molecule has 1 aliphatic rings. The van der Waals surface area contributed by atoms with Crippen molar-refractivity contribution >= 4 is 15.7 Å². The molecule has 0 radical (unpaired) electrons. The Balaban J connectivity index is 2.27. The second kappa shape index (κ2) is 5.56. The number of carbonyl (C=O) groups is 1. The Morgan fingerprint density at radius 3 is 2.70 bits per heavy atom. The van der Waals surface area contributed by atoms with Gasteiger partial charge in [0.15, 0.2) is 9.84 Å². The zero-order valence-electron chi connectivity index (χ0n) is 12.0. The minimum Gasteiger partial charge on any atom is -0.346 e. The molecule has 0 bridgehead atoms. The van der Waals surface area contributed by atoms with E-state index in [0.29, 0.717) is 0 Å². The first-order valence-corrected chi connectivity index (χ1v) is 8.93. The molecule has 0 heterocycles. The molecular weight excluding hydrogens is 274 g/mol. The van der Waals surface area contributed by atoms with E-state index >= 15 is 0 Å². The molecule has 1 N–H and O–H groups in total. The molecule has 5 heteroatoms. The van der Waals surface area contributed by atoms with E-state index in [0.717, 1.165) is 37.5 Å². The quantitative estimate of drug-likeness (QED) is 0.865. The molecule has 0 saturated heterocycles. The van der Waals surface area contributed by atoms with Crippen LogP contribution in [0, 0.1) is 0 Å². The predicted molar refractivity (Wildman–Crippen MR) is 79.2 cm³/mol. The highest BCUT2D eigenvalue weighted by molar-refractivity contribution is 7.91. The van der Waals surface area contributed by atoms with Gasteiger partial charge in [0.1, 0.15) is 5.75 Å². The van der Waals surface area contributed by atoms with E-state index in [1.165, 1.54) is 5.56 Å². The Labute approximate surface area is 120 Å². The summed E-state index contributed by atoms with van der Waals surface area (Å²) in [5.41, 5.74) is 1.88. The normalized spacial score (nSPS) is 22.7. The van der Waals surface area contributed by atoms with Crippen molar-refractivity contribution in [3.63, 3.8) is 0 Å². The first kappa shape index (κ1) is 15.0. The third-order valence-electron chi connectivity index (χ3n) is 3.79. The van der Waals surface area contributed by atoms with Crippen LogP contribution in [-0.4, -0.2) is 26.3 Å². The van der Waals surface area contributed by atoms with Gasteiger partial charge in [-0.1, -0.05) is 30.7 Å². The number of carbonyl (C=O) groups excluding carboxylic acids is 1. The molecule has 1 aromatic rings. The van der Waals surface area contributed by atoms with Crippen LogP contribution < -0.4 is 5.32 Å². The first-order valence-electron chi connectivity index (χ1n) is 6.87. The molecule has 20 heavy (non-hydrogen) atoms. The first-order chi connectivity index (χ1) is 9.30. The van der Waals surface area contributed by atoms with Crippen LogP contribution in [0.5, 0.6) is 0 Å². The van der Waals surface area contributed by atoms with E-state index in [2.05, 4.69) is 11.4 Å². The summed E-state index contributed by atoms with van der Waals surface area (Å²) in [6, 6.07) is 8.08. The third kappa shape index (κ3) is 3.60. The second-order valence-corrected chi connectivity index (χ2v) is 7.95. The van der Waals surface area contributed by atoms with Crippen molar-refractivity contribution in [2.75, 3.05) is 12.0 Å². The number of rotatable bonds is 3. The monoisotopic (exact) mass is 295 g/mol. The summed E-state index contributed by atoms with van der Waals surface area (Å²) in [7, 11) is -3.30. The molecule has 110 valence electrons. The lowest BCUT2D eigenvalue weighted by Gasteiger charge is -2.31. The van der Waals surface area contributed by atoms with Gasteiger partial charge in [0.2, 0.25) is 5.91 Å². The zero-order chi connectivity index (χ0) is 14.8. The van der Waals surface area contributed by atoms with Crippen molar-refractivity contribution in [2.24, 2.45) is 0 Å². The highest BCUT2D eigenvalue weighted by Gasteiger charge is 2.32. The van der Waals surface area contributed by atoms with E-state index in [1.54, 1.807) is 0 Å². The maximum Gasteiger partial charge on any atom is 0.235 e. The lowest BCUT2D eigenvalue weighted by Crippen LogP contribution is -2.45. The van der Waals surface area contributed by atoms with Crippen molar-refractivity contribution in [3.8, 4) is 0 Å². The Bertz CT molecular complexity index is 609. The van der Waals surface area contributed by atoms with Crippen LogP contribution in [0.25, 0.3) is 0 Å². The van der Waals surface area contributed by atoms with Crippen LogP contribution in [0.3, 0.4) is 0 Å². The maximum absolute atomic E-state index is 12.0. The van der Waals surface area contributed by atoms with Crippen LogP contribution in [0.2, 0.25) is 0 Å². The standard InChI is InChI=1S/C15H21NO3S/c1-15(16-14(17)11-20(2,18)19)10-6-5-8-12-7-3-4-9-13(12)15/h3-4,7,9H,5-6,8,10-11H2,1-2H3,(H,16,17)/t15-/m0/s1. The van der Waals surface area contributed by atoms with E-state index in [9.17, 15) is 13.2 Å². The van der Waals surface area contributed by atoms with E-state index in [4.69, 9.17) is 0 Å². The molecule has 0 aliphatic heterocycles. The summed E-state index contributed by atoms with van der Waals surface area (Å²) in [5.74, 6) is -0.878. The SMILES string of the molecule is C[C@]1(NC(=O)CS(C)(=O)=O)CCCCc2ccccc21. The number of hydrogen-bond acceptors (Lipinski definition) is 3. The van der Waals surface area contributed by atoms with Gasteiger partial charge < -0.3 is 5.32 Å². The van der Waals surface area contributed by atoms with Gasteiger partial charge in [-0.3, -0.25) is 4.79 Å². The summed E-state index contributed by atoms with van der Waals surface area (Å²) < 4.78 is 22.5. The van der Waals surface area contributed by atoms with Gasteiger partial charge in [0.25, 0.3) is 0 Å². The minimum absolute atomic E-state index is 0.424. The molecule has 0 spiro atoms. The van der Waals surface area contributed by atoms with Gasteiger partial charge in [-0.15, -0.1) is 0 Å². The van der Waals surface area contributed by atoms with Crippen LogP contribution in [0.15, 0.2) is 24.3 Å². The summed E-state index contributed by atoms with van der Waals surface area (Å²) in [4.78, 5) is 12.0. The fourth-order valence-corrected chi connectivity index (χ4v) is 3.47. The number of benzene rings is 1. The van der Waals surface area contributed by atoms with Crippen molar-refractivity contribution in [1.82, 2.24) is 5.32 Å². The van der Waals surface area contributed by atoms with Crippen molar-refractivity contribution in [2.45, 2.75) is 38.1 Å². The summed E-state index contributed by atoms with van der Waals surface area (Å²) in [5, 5.41) is 2.93. The van der Waals surface area contributed by atoms with Crippen LogP contribution >= 0.6 is 0 Å². The molecule has 1 amide bonds. The number of amides is 1. The highest BCUT2D eigenvalue weighted by Crippen LogP contribution is 2.33. The number of fused-ring (bicyclic) bond motifs is 1. The molecule has 4 nitrogen and oxygen atoms in total. The molecule has 0 aromatic heterocycles. The van der Waals surface area contributed by atoms with Crippen LogP contribution in [0.4, 0.5) is 0 Å². The van der Waals surface area contributed by atoms with Gasteiger partial charge in [-0.25, -0.2) is 8.42 Å². The zero-order valence-corrected chi connectivity index (χ0v) is 12.8. The third-order valence-corrected chi connectivity index (χ3v) is 4.58. The van der Waals surface area contributed by atoms with Crippen molar-refractivity contribution in [1.29, 1.82) is 0 Å². The molecule has 2 rings (SSSR count). The molecule has 0 unspecified atom stereocenters. The largest absolute Gasteiger partial charge is 0.346 e. The van der Waals surface area contributed by atoms with Gasteiger partial charge in [-0.2, -0.15) is 0 Å². The van der Waals surface area contributed by atoms with E-state index < -0.39 is 27.0 Å². The van der Waals surface area contributed by atoms with Crippen molar-refractivity contribution in [3.05, 3.63) is 35.4 Å². The minimum atomic E-state index is -3.30. The maximum atomic E-state index is 12.0. The second-order valence-electron chi connectivity index (χ2n) is 5.81. The molecule has 1 aromatic carbocycles. The van der Waals surface area contributed by atoms with Gasteiger partial charge in [-0.05, 0) is 37.3 Å². The van der Waals surface area contributed by atoms with Gasteiger partial charge >= 0.3 is 0 Å². The smallest absolute Gasteiger partial charge is 0.235 e. The summed E-state index contributed by atoms with van der Waals surface area (Å²) >= 11 is 0.